The van der Waals surface area contributed by atoms with Crippen molar-refractivity contribution in [2.75, 3.05) is 0 Å². The second-order valence-electron chi connectivity index (χ2n) is 3.67. The highest BCUT2D eigenvalue weighted by Crippen LogP contribution is 2.26. The molecule has 2 amide bonds. The Morgan fingerprint density at radius 3 is 2.50 bits per heavy atom. The zero-order valence-corrected chi connectivity index (χ0v) is 9.54. The number of thiol groups is 1. The average molecular weight is 213 g/mol. The third-order valence-corrected chi connectivity index (χ3v) is 2.77. The van der Waals surface area contributed by atoms with Gasteiger partial charge in [0, 0.05) is 12.1 Å². The number of carbonyl (C=O) groups excluding carboxylic acids is 2. The first-order valence-corrected chi connectivity index (χ1v) is 5.21. The van der Waals surface area contributed by atoms with Gasteiger partial charge in [-0.1, -0.05) is 6.92 Å². The van der Waals surface area contributed by atoms with E-state index in [-0.39, 0.29) is 23.8 Å². The van der Waals surface area contributed by atoms with Gasteiger partial charge in [0.1, 0.15) is 0 Å². The fourth-order valence-corrected chi connectivity index (χ4v) is 2.00. The van der Waals surface area contributed by atoms with Crippen molar-refractivity contribution in [1.29, 1.82) is 0 Å². The molecular formula is C10H15NO2S. The number of nitrogens with zero attached hydrogens (tertiary/aromatic N) is 1. The summed E-state index contributed by atoms with van der Waals surface area (Å²) in [5.41, 5.74) is 0. The van der Waals surface area contributed by atoms with Gasteiger partial charge in [-0.25, -0.2) is 0 Å². The van der Waals surface area contributed by atoms with E-state index in [1.54, 1.807) is 0 Å². The summed E-state index contributed by atoms with van der Waals surface area (Å²) in [6.07, 6.45) is 2.13. The van der Waals surface area contributed by atoms with E-state index < -0.39 is 0 Å². The highest BCUT2D eigenvalue weighted by molar-refractivity contribution is 7.84. The maximum Gasteiger partial charge on any atom is 0.254 e. The van der Waals surface area contributed by atoms with Crippen molar-refractivity contribution in [3.63, 3.8) is 0 Å². The Bertz CT molecular complexity index is 296. The lowest BCUT2D eigenvalue weighted by Gasteiger charge is -2.31. The molecule has 1 rings (SSSR count). The van der Waals surface area contributed by atoms with E-state index in [9.17, 15) is 9.59 Å². The van der Waals surface area contributed by atoms with E-state index in [2.05, 4.69) is 12.6 Å². The van der Waals surface area contributed by atoms with Crippen LogP contribution in [0.2, 0.25) is 0 Å². The number of hydrogen-bond donors (Lipinski definition) is 1. The van der Waals surface area contributed by atoms with Crippen molar-refractivity contribution in [3.05, 3.63) is 11.0 Å². The SMILES string of the molecule is CCC1C(=O)N(C(C)C)C(=O)C=C1S. The Kier molecular flexibility index (Phi) is 3.37. The molecule has 0 aromatic heterocycles. The van der Waals surface area contributed by atoms with Crippen LogP contribution in [0, 0.1) is 5.92 Å². The first-order valence-electron chi connectivity index (χ1n) is 4.76. The molecule has 78 valence electrons. The van der Waals surface area contributed by atoms with Crippen LogP contribution < -0.4 is 0 Å². The van der Waals surface area contributed by atoms with Crippen molar-refractivity contribution >= 4 is 24.4 Å². The highest BCUT2D eigenvalue weighted by atomic mass is 32.1. The fraction of sp³-hybridized carbons (Fsp3) is 0.600. The molecule has 0 aromatic rings. The van der Waals surface area contributed by atoms with Gasteiger partial charge in [0.2, 0.25) is 5.91 Å². The summed E-state index contributed by atoms with van der Waals surface area (Å²) in [6, 6.07) is -0.0817. The van der Waals surface area contributed by atoms with E-state index >= 15 is 0 Å². The normalized spacial score (nSPS) is 23.1. The van der Waals surface area contributed by atoms with E-state index in [4.69, 9.17) is 0 Å². The molecule has 0 saturated heterocycles. The van der Waals surface area contributed by atoms with Crippen LogP contribution >= 0.6 is 12.6 Å². The molecule has 1 aliphatic rings. The summed E-state index contributed by atoms with van der Waals surface area (Å²) in [5.74, 6) is -0.613. The Hall–Kier alpha value is -0.770. The molecule has 1 aliphatic heterocycles. The Balaban J connectivity index is 3.04. The predicted octanol–water partition coefficient (Wildman–Crippen LogP) is 1.60. The second kappa shape index (κ2) is 4.17. The molecule has 1 unspecified atom stereocenters. The van der Waals surface area contributed by atoms with Crippen molar-refractivity contribution < 1.29 is 9.59 Å². The van der Waals surface area contributed by atoms with Crippen LogP contribution in [0.1, 0.15) is 27.2 Å². The smallest absolute Gasteiger partial charge is 0.254 e. The Labute approximate surface area is 89.6 Å². The van der Waals surface area contributed by atoms with Gasteiger partial charge in [0.25, 0.3) is 5.91 Å². The van der Waals surface area contributed by atoms with Gasteiger partial charge in [-0.15, -0.1) is 12.6 Å². The van der Waals surface area contributed by atoms with Gasteiger partial charge in [-0.2, -0.15) is 0 Å². The standard InChI is InChI=1S/C10H15NO2S/c1-4-7-8(14)5-9(12)11(6(2)3)10(7)13/h5-7,14H,4H2,1-3H3. The van der Waals surface area contributed by atoms with Crippen LogP contribution in [-0.4, -0.2) is 22.8 Å². The molecule has 0 fully saturated rings. The van der Waals surface area contributed by atoms with E-state index in [1.807, 2.05) is 20.8 Å². The summed E-state index contributed by atoms with van der Waals surface area (Å²) < 4.78 is 0. The third-order valence-electron chi connectivity index (χ3n) is 2.33. The molecule has 1 atom stereocenters. The monoisotopic (exact) mass is 213 g/mol. The largest absolute Gasteiger partial charge is 0.276 e. The van der Waals surface area contributed by atoms with E-state index in [0.29, 0.717) is 11.3 Å². The lowest BCUT2D eigenvalue weighted by atomic mass is 9.99. The number of carbonyl (C=O) groups is 2. The van der Waals surface area contributed by atoms with Crippen LogP contribution in [0.25, 0.3) is 0 Å². The first kappa shape index (κ1) is 11.3. The second-order valence-corrected chi connectivity index (χ2v) is 4.19. The van der Waals surface area contributed by atoms with Gasteiger partial charge in [-0.3, -0.25) is 14.5 Å². The fourth-order valence-electron chi connectivity index (χ4n) is 1.59. The minimum atomic E-state index is -0.250. The van der Waals surface area contributed by atoms with Gasteiger partial charge in [-0.05, 0) is 25.2 Å². The van der Waals surface area contributed by atoms with Gasteiger partial charge >= 0.3 is 0 Å². The van der Waals surface area contributed by atoms with Crippen molar-refractivity contribution in [2.24, 2.45) is 5.92 Å². The summed E-state index contributed by atoms with van der Waals surface area (Å²) in [6.45, 7) is 5.58. The molecule has 14 heavy (non-hydrogen) atoms. The summed E-state index contributed by atoms with van der Waals surface area (Å²) in [7, 11) is 0. The number of hydrogen-bond acceptors (Lipinski definition) is 3. The van der Waals surface area contributed by atoms with Crippen LogP contribution in [0.4, 0.5) is 0 Å². The number of rotatable bonds is 2. The topological polar surface area (TPSA) is 37.4 Å². The van der Waals surface area contributed by atoms with Crippen molar-refractivity contribution in [2.45, 2.75) is 33.2 Å². The minimum absolute atomic E-state index is 0.0817. The maximum absolute atomic E-state index is 11.8. The maximum atomic E-state index is 11.8. The molecule has 1 heterocycles. The molecule has 0 aliphatic carbocycles. The minimum Gasteiger partial charge on any atom is -0.276 e. The molecule has 0 aromatic carbocycles. The highest BCUT2D eigenvalue weighted by Gasteiger charge is 2.34. The van der Waals surface area contributed by atoms with E-state index in [1.165, 1.54) is 11.0 Å². The number of amides is 2. The zero-order valence-electron chi connectivity index (χ0n) is 8.65. The van der Waals surface area contributed by atoms with Gasteiger partial charge in [0.15, 0.2) is 0 Å². The van der Waals surface area contributed by atoms with Crippen LogP contribution in [0.5, 0.6) is 0 Å². The zero-order chi connectivity index (χ0) is 10.9. The summed E-state index contributed by atoms with van der Waals surface area (Å²) in [5, 5.41) is 0. The molecule has 4 heteroatoms. The third kappa shape index (κ3) is 1.85. The molecule has 0 bridgehead atoms. The van der Waals surface area contributed by atoms with Crippen LogP contribution in [0.15, 0.2) is 11.0 Å². The summed E-state index contributed by atoms with van der Waals surface area (Å²) in [4.78, 5) is 25.2. The molecule has 0 spiro atoms. The quantitative estimate of drug-likeness (QED) is 0.559. The average Bonchev–Trinajstić information content (AvgIpc) is 2.02. The Morgan fingerprint density at radius 1 is 1.50 bits per heavy atom. The Morgan fingerprint density at radius 2 is 2.07 bits per heavy atom. The lowest BCUT2D eigenvalue weighted by molar-refractivity contribution is -0.147. The first-order chi connectivity index (χ1) is 6.49. The number of imide groups is 1. The van der Waals surface area contributed by atoms with Crippen LogP contribution in [-0.2, 0) is 9.59 Å². The van der Waals surface area contributed by atoms with Crippen molar-refractivity contribution in [3.8, 4) is 0 Å². The molecule has 0 radical (unpaired) electrons. The molecular weight excluding hydrogens is 198 g/mol. The van der Waals surface area contributed by atoms with E-state index in [0.717, 1.165) is 0 Å². The van der Waals surface area contributed by atoms with Crippen LogP contribution in [0.3, 0.4) is 0 Å². The molecule has 0 N–H and O–H groups in total. The lowest BCUT2D eigenvalue weighted by Crippen LogP contribution is -2.47. The van der Waals surface area contributed by atoms with Gasteiger partial charge < -0.3 is 0 Å². The van der Waals surface area contributed by atoms with Gasteiger partial charge in [0.05, 0.1) is 5.92 Å². The van der Waals surface area contributed by atoms with Crippen molar-refractivity contribution in [1.82, 2.24) is 4.90 Å². The molecule has 0 saturated carbocycles. The summed E-state index contributed by atoms with van der Waals surface area (Å²) >= 11 is 4.16. The molecule has 3 nitrogen and oxygen atoms in total. The predicted molar refractivity (Wildman–Crippen MR) is 57.8 cm³/mol.